The predicted octanol–water partition coefficient (Wildman–Crippen LogP) is 5.46. The fourth-order valence-electron chi connectivity index (χ4n) is 8.85. The summed E-state index contributed by atoms with van der Waals surface area (Å²) in [4.78, 5) is 17.7. The number of piperazine rings is 1. The van der Waals surface area contributed by atoms with Crippen LogP contribution in [0.4, 0.5) is 28.4 Å². The summed E-state index contributed by atoms with van der Waals surface area (Å²) in [6.45, 7) is 6.09. The average molecular weight is 663 g/mol. The van der Waals surface area contributed by atoms with Crippen LogP contribution in [-0.2, 0) is 0 Å². The molecule has 5 aliphatic rings. The van der Waals surface area contributed by atoms with E-state index in [4.69, 9.17) is 15.5 Å². The number of fused-ring (bicyclic) bond motifs is 7. The molecule has 47 heavy (non-hydrogen) atoms. The first kappa shape index (κ1) is 29.1. The van der Waals surface area contributed by atoms with Crippen molar-refractivity contribution in [3.8, 4) is 23.3 Å². The molecule has 5 aliphatic heterocycles. The number of benzene rings is 1. The van der Waals surface area contributed by atoms with Crippen LogP contribution in [0.25, 0.3) is 37.8 Å². The summed E-state index contributed by atoms with van der Waals surface area (Å²) >= 11 is 0.818. The van der Waals surface area contributed by atoms with Gasteiger partial charge in [-0.15, -0.1) is 11.3 Å². The van der Waals surface area contributed by atoms with Crippen LogP contribution in [0.5, 0.6) is 6.01 Å². The van der Waals surface area contributed by atoms with Crippen LogP contribution >= 0.6 is 11.3 Å². The van der Waals surface area contributed by atoms with Crippen LogP contribution in [0.3, 0.4) is 0 Å². The molecule has 3 N–H and O–H groups in total. The number of ether oxygens (including phenoxy) is 1. The van der Waals surface area contributed by atoms with Crippen LogP contribution in [0, 0.1) is 28.8 Å². The number of thiophene rings is 1. The number of halogens is 4. The number of aromatic nitrogens is 3. The van der Waals surface area contributed by atoms with Gasteiger partial charge in [0.15, 0.2) is 11.6 Å². The van der Waals surface area contributed by atoms with E-state index in [1.54, 1.807) is 0 Å². The highest BCUT2D eigenvalue weighted by molar-refractivity contribution is 7.23. The minimum absolute atomic E-state index is 0.0160. The lowest BCUT2D eigenvalue weighted by atomic mass is 9.91. The van der Waals surface area contributed by atoms with Crippen molar-refractivity contribution < 1.29 is 22.3 Å². The van der Waals surface area contributed by atoms with Crippen molar-refractivity contribution in [3.05, 3.63) is 41.4 Å². The molecule has 4 saturated heterocycles. The Morgan fingerprint density at radius 3 is 2.85 bits per heavy atom. The Labute approximate surface area is 271 Å². The Balaban J connectivity index is 1.29. The zero-order chi connectivity index (χ0) is 32.4. The van der Waals surface area contributed by atoms with Crippen molar-refractivity contribution in [3.63, 3.8) is 0 Å². The summed E-state index contributed by atoms with van der Waals surface area (Å²) in [6.07, 6.45) is 4.21. The van der Waals surface area contributed by atoms with E-state index >= 15 is 8.78 Å². The molecule has 1 unspecified atom stereocenters. The molecule has 1 aromatic carbocycles. The number of nitrogens with two attached hydrogens (primary N) is 1. The molecular formula is C33H30F4N8OS. The van der Waals surface area contributed by atoms with Crippen molar-refractivity contribution in [1.29, 1.82) is 5.26 Å². The smallest absolute Gasteiger partial charge is 0.319 e. The quantitative estimate of drug-likeness (QED) is 0.275. The molecule has 9 rings (SSSR count). The molecular weight excluding hydrogens is 632 g/mol. The third kappa shape index (κ3) is 4.09. The normalized spacial score (nSPS) is 28.1. The average Bonchev–Trinajstić information content (AvgIpc) is 3.77. The van der Waals surface area contributed by atoms with Gasteiger partial charge in [0.2, 0.25) is 0 Å². The zero-order valence-corrected chi connectivity index (χ0v) is 26.1. The molecule has 8 heterocycles. The standard InChI is InChI=1S/C33H30F4N8OS/c1-14-7-20-19-4-3-16(41-19)12-45(20)31-23-21(14)25(36)24(27-22-17(9-38)30(39)47-29(22)18(35)10-40-27)26(37)28(23)42-32(43-31)46-13-33-5-2-6-44(33)11-15(34)8-33/h10,15-16,19-20,41H,1-8,11-13,39H2/t15-,16-,19?,20-,33+/m1/s1. The molecule has 242 valence electrons. The van der Waals surface area contributed by atoms with Gasteiger partial charge in [-0.1, -0.05) is 6.58 Å². The molecule has 0 spiro atoms. The Kier molecular flexibility index (Phi) is 6.33. The number of alkyl halides is 1. The third-order valence-corrected chi connectivity index (χ3v) is 11.9. The fourth-order valence-corrected chi connectivity index (χ4v) is 9.77. The van der Waals surface area contributed by atoms with E-state index in [9.17, 15) is 14.0 Å². The van der Waals surface area contributed by atoms with Crippen molar-refractivity contribution in [2.45, 2.75) is 68.4 Å². The maximum absolute atomic E-state index is 17.1. The summed E-state index contributed by atoms with van der Waals surface area (Å²) in [7, 11) is 0. The summed E-state index contributed by atoms with van der Waals surface area (Å²) < 4.78 is 69.8. The minimum Gasteiger partial charge on any atom is -0.461 e. The van der Waals surface area contributed by atoms with Crippen molar-refractivity contribution in [2.75, 3.05) is 36.9 Å². The highest BCUT2D eigenvalue weighted by Gasteiger charge is 2.50. The summed E-state index contributed by atoms with van der Waals surface area (Å²) in [5.74, 6) is -2.38. The predicted molar refractivity (Wildman–Crippen MR) is 170 cm³/mol. The largest absolute Gasteiger partial charge is 0.461 e. The molecule has 14 heteroatoms. The van der Waals surface area contributed by atoms with Gasteiger partial charge in [-0.2, -0.15) is 15.2 Å². The van der Waals surface area contributed by atoms with Crippen molar-refractivity contribution in [2.24, 2.45) is 0 Å². The van der Waals surface area contributed by atoms with E-state index in [2.05, 4.69) is 31.7 Å². The number of hydrogen-bond acceptors (Lipinski definition) is 10. The minimum atomic E-state index is -1.04. The number of rotatable bonds is 4. The van der Waals surface area contributed by atoms with E-state index in [-0.39, 0.29) is 73.6 Å². The van der Waals surface area contributed by atoms with Crippen molar-refractivity contribution in [1.82, 2.24) is 25.2 Å². The van der Waals surface area contributed by atoms with Crippen LogP contribution in [0.1, 0.15) is 49.7 Å². The molecule has 3 aromatic heterocycles. The van der Waals surface area contributed by atoms with E-state index in [0.29, 0.717) is 37.3 Å². The fraction of sp³-hybridized carbons (Fsp3) is 0.455. The van der Waals surface area contributed by atoms with E-state index in [0.717, 1.165) is 49.8 Å². The Morgan fingerprint density at radius 1 is 1.17 bits per heavy atom. The third-order valence-electron chi connectivity index (χ3n) is 10.9. The summed E-state index contributed by atoms with van der Waals surface area (Å²) in [5, 5.41) is 13.7. The zero-order valence-electron chi connectivity index (χ0n) is 25.3. The number of nitriles is 1. The lowest BCUT2D eigenvalue weighted by Crippen LogP contribution is -2.58. The first-order valence-electron chi connectivity index (χ1n) is 15.9. The highest BCUT2D eigenvalue weighted by Crippen LogP contribution is 2.49. The van der Waals surface area contributed by atoms with Gasteiger partial charge in [0.1, 0.15) is 41.0 Å². The Bertz CT molecular complexity index is 2080. The van der Waals surface area contributed by atoms with Gasteiger partial charge >= 0.3 is 6.01 Å². The van der Waals surface area contributed by atoms with Gasteiger partial charge in [0.25, 0.3) is 0 Å². The molecule has 0 saturated carbocycles. The maximum atomic E-state index is 17.1. The molecule has 0 amide bonds. The molecule has 2 bridgehead atoms. The first-order valence-corrected chi connectivity index (χ1v) is 16.7. The van der Waals surface area contributed by atoms with Gasteiger partial charge in [0.05, 0.1) is 38.6 Å². The Morgan fingerprint density at radius 2 is 2.02 bits per heavy atom. The van der Waals surface area contributed by atoms with Crippen LogP contribution in [-0.4, -0.2) is 75.9 Å². The number of nitrogens with one attached hydrogen (secondary N) is 1. The van der Waals surface area contributed by atoms with E-state index in [1.165, 1.54) is 0 Å². The van der Waals surface area contributed by atoms with E-state index < -0.39 is 34.7 Å². The second kappa shape index (κ2) is 10.2. The first-order chi connectivity index (χ1) is 22.7. The highest BCUT2D eigenvalue weighted by atomic mass is 32.1. The Hall–Kier alpha value is -4.06. The van der Waals surface area contributed by atoms with Gasteiger partial charge in [-0.05, 0) is 44.2 Å². The SMILES string of the molecule is C=C1C[C@@H]2C3CC[C@H](CN2c2nc(OC[C@@]45CCCN4C[C@H](F)C5)nc4c(F)c(-c5ncc(F)c6sc(N)c(C#N)c56)c(F)c1c24)N3. The maximum Gasteiger partial charge on any atom is 0.319 e. The number of nitrogens with zero attached hydrogens (tertiary/aromatic N) is 6. The topological polar surface area (TPSA) is 116 Å². The lowest BCUT2D eigenvalue weighted by Gasteiger charge is -2.41. The second-order valence-electron chi connectivity index (χ2n) is 13.5. The van der Waals surface area contributed by atoms with Crippen molar-refractivity contribution >= 4 is 48.7 Å². The number of hydrogen-bond donors (Lipinski definition) is 2. The van der Waals surface area contributed by atoms with Gasteiger partial charge in [-0.25, -0.2) is 17.6 Å². The van der Waals surface area contributed by atoms with Gasteiger partial charge in [-0.3, -0.25) is 9.88 Å². The molecule has 4 aromatic rings. The van der Waals surface area contributed by atoms with Crippen LogP contribution in [0.2, 0.25) is 0 Å². The lowest BCUT2D eigenvalue weighted by molar-refractivity contribution is 0.107. The number of nitrogen functional groups attached to an aromatic ring is 1. The van der Waals surface area contributed by atoms with Crippen LogP contribution < -0.4 is 20.7 Å². The summed E-state index contributed by atoms with van der Waals surface area (Å²) in [5.41, 5.74) is 4.94. The number of pyridine rings is 1. The van der Waals surface area contributed by atoms with E-state index in [1.807, 2.05) is 6.07 Å². The van der Waals surface area contributed by atoms with Gasteiger partial charge in [0, 0.05) is 48.6 Å². The van der Waals surface area contributed by atoms with Gasteiger partial charge < -0.3 is 20.7 Å². The molecule has 0 aliphatic carbocycles. The molecule has 0 radical (unpaired) electrons. The van der Waals surface area contributed by atoms with Crippen LogP contribution in [0.15, 0.2) is 12.8 Å². The summed E-state index contributed by atoms with van der Waals surface area (Å²) in [6, 6.07) is 2.01. The monoisotopic (exact) mass is 662 g/mol. The molecule has 5 atom stereocenters. The number of anilines is 2. The molecule has 9 nitrogen and oxygen atoms in total. The molecule has 4 fully saturated rings. The second-order valence-corrected chi connectivity index (χ2v) is 14.5.